The Kier molecular flexibility index (Phi) is 2.95. The largest absolute Gasteiger partial charge is 0.330 e. The Labute approximate surface area is 115 Å². The molecule has 0 saturated heterocycles. The fraction of sp³-hybridized carbons (Fsp3) is 0.133. The summed E-state index contributed by atoms with van der Waals surface area (Å²) < 4.78 is 15.7. The van der Waals surface area contributed by atoms with Crippen molar-refractivity contribution in [3.8, 4) is 5.69 Å². The summed E-state index contributed by atoms with van der Waals surface area (Å²) in [6.07, 6.45) is 1.00. The molecular formula is C15H13FN2S. The molecule has 2 nitrogen and oxygen atoms in total. The van der Waals surface area contributed by atoms with E-state index in [4.69, 9.17) is 12.2 Å². The lowest BCUT2D eigenvalue weighted by molar-refractivity contribution is 0.629. The van der Waals surface area contributed by atoms with Crippen molar-refractivity contribution < 1.29 is 4.39 Å². The van der Waals surface area contributed by atoms with Gasteiger partial charge in [-0.1, -0.05) is 19.1 Å². The molecular weight excluding hydrogens is 259 g/mol. The first-order chi connectivity index (χ1) is 9.19. The molecule has 0 atom stereocenters. The molecule has 0 amide bonds. The maximum absolute atomic E-state index is 13.2. The van der Waals surface area contributed by atoms with E-state index in [9.17, 15) is 4.39 Å². The Hall–Kier alpha value is -1.94. The third-order valence-electron chi connectivity index (χ3n) is 3.25. The van der Waals surface area contributed by atoms with E-state index >= 15 is 0 Å². The lowest BCUT2D eigenvalue weighted by Crippen LogP contribution is -1.94. The molecule has 96 valence electrons. The first-order valence-corrected chi connectivity index (χ1v) is 6.59. The molecule has 3 rings (SSSR count). The Morgan fingerprint density at radius 3 is 2.58 bits per heavy atom. The van der Waals surface area contributed by atoms with Gasteiger partial charge in [0.1, 0.15) is 5.82 Å². The number of H-pyrrole nitrogens is 1. The van der Waals surface area contributed by atoms with Gasteiger partial charge in [-0.2, -0.15) is 0 Å². The highest BCUT2D eigenvalue weighted by Gasteiger charge is 2.07. The van der Waals surface area contributed by atoms with E-state index < -0.39 is 0 Å². The van der Waals surface area contributed by atoms with Crippen LogP contribution in [0.5, 0.6) is 0 Å². The minimum atomic E-state index is -0.266. The fourth-order valence-corrected chi connectivity index (χ4v) is 2.53. The van der Waals surface area contributed by atoms with Gasteiger partial charge in [0.05, 0.1) is 11.0 Å². The highest BCUT2D eigenvalue weighted by molar-refractivity contribution is 7.71. The number of aromatic amines is 1. The molecule has 0 spiro atoms. The third kappa shape index (κ3) is 2.08. The van der Waals surface area contributed by atoms with Crippen LogP contribution in [0.15, 0.2) is 42.5 Å². The van der Waals surface area contributed by atoms with Crippen LogP contribution >= 0.6 is 12.2 Å². The van der Waals surface area contributed by atoms with Crippen molar-refractivity contribution in [3.05, 3.63) is 58.6 Å². The van der Waals surface area contributed by atoms with Crippen LogP contribution in [0.1, 0.15) is 12.5 Å². The maximum Gasteiger partial charge on any atom is 0.182 e. The molecule has 0 bridgehead atoms. The van der Waals surface area contributed by atoms with E-state index in [-0.39, 0.29) is 5.82 Å². The van der Waals surface area contributed by atoms with Crippen LogP contribution in [-0.2, 0) is 6.42 Å². The maximum atomic E-state index is 13.2. The van der Waals surface area contributed by atoms with E-state index in [1.54, 1.807) is 6.07 Å². The number of nitrogens with zero attached hydrogens (tertiary/aromatic N) is 1. The third-order valence-corrected chi connectivity index (χ3v) is 3.53. The first-order valence-electron chi connectivity index (χ1n) is 6.18. The van der Waals surface area contributed by atoms with Crippen molar-refractivity contribution >= 4 is 23.3 Å². The molecule has 1 N–H and O–H groups in total. The molecule has 19 heavy (non-hydrogen) atoms. The fourth-order valence-electron chi connectivity index (χ4n) is 2.22. The second-order valence-electron chi connectivity index (χ2n) is 4.45. The number of benzene rings is 2. The summed E-state index contributed by atoms with van der Waals surface area (Å²) in [5.74, 6) is -0.266. The highest BCUT2D eigenvalue weighted by atomic mass is 32.1. The zero-order valence-electron chi connectivity index (χ0n) is 10.5. The summed E-state index contributed by atoms with van der Waals surface area (Å²) in [6, 6.07) is 12.9. The van der Waals surface area contributed by atoms with E-state index in [1.165, 1.54) is 17.7 Å². The molecule has 1 heterocycles. The zero-order valence-corrected chi connectivity index (χ0v) is 11.3. The smallest absolute Gasteiger partial charge is 0.182 e. The molecule has 3 aromatic rings. The number of aryl methyl sites for hydroxylation is 1. The molecule has 0 unspecified atom stereocenters. The van der Waals surface area contributed by atoms with Crippen LogP contribution in [0.4, 0.5) is 4.39 Å². The molecule has 0 aliphatic rings. The number of aromatic nitrogens is 2. The lowest BCUT2D eigenvalue weighted by atomic mass is 10.1. The van der Waals surface area contributed by atoms with E-state index in [1.807, 2.05) is 16.7 Å². The van der Waals surface area contributed by atoms with Crippen LogP contribution in [-0.4, -0.2) is 9.55 Å². The van der Waals surface area contributed by atoms with Crippen LogP contribution < -0.4 is 0 Å². The van der Waals surface area contributed by atoms with E-state index in [0.717, 1.165) is 17.6 Å². The standard InChI is InChI=1S/C15H13FN2S/c1-2-10-3-6-12(7-4-10)18-14-8-5-11(16)9-13(14)17-15(18)19/h3-9H,2H2,1H3,(H,17,19). The Morgan fingerprint density at radius 2 is 1.89 bits per heavy atom. The minimum absolute atomic E-state index is 0.266. The van der Waals surface area contributed by atoms with Gasteiger partial charge in [0.15, 0.2) is 4.77 Å². The monoisotopic (exact) mass is 272 g/mol. The van der Waals surface area contributed by atoms with Crippen molar-refractivity contribution in [2.24, 2.45) is 0 Å². The van der Waals surface area contributed by atoms with Gasteiger partial charge in [0.2, 0.25) is 0 Å². The van der Waals surface area contributed by atoms with Crippen LogP contribution in [0, 0.1) is 10.6 Å². The van der Waals surface area contributed by atoms with E-state index in [2.05, 4.69) is 24.0 Å². The number of hydrogen-bond acceptors (Lipinski definition) is 1. The van der Waals surface area contributed by atoms with Crippen LogP contribution in [0.3, 0.4) is 0 Å². The average Bonchev–Trinajstić information content (AvgIpc) is 2.74. The topological polar surface area (TPSA) is 20.7 Å². The zero-order chi connectivity index (χ0) is 13.4. The summed E-state index contributed by atoms with van der Waals surface area (Å²) in [4.78, 5) is 3.03. The SMILES string of the molecule is CCc1ccc(-n2c(=S)[nH]c3cc(F)ccc32)cc1. The van der Waals surface area contributed by atoms with Crippen molar-refractivity contribution in [3.63, 3.8) is 0 Å². The number of nitrogens with one attached hydrogen (secondary N) is 1. The lowest BCUT2D eigenvalue weighted by Gasteiger charge is -2.05. The number of rotatable bonds is 2. The number of halogens is 1. The Balaban J connectivity index is 2.23. The number of hydrogen-bond donors (Lipinski definition) is 1. The first kappa shape index (κ1) is 12.1. The Bertz CT molecular complexity index is 784. The van der Waals surface area contributed by atoms with E-state index in [0.29, 0.717) is 10.3 Å². The summed E-state index contributed by atoms with van der Waals surface area (Å²) in [7, 11) is 0. The van der Waals surface area contributed by atoms with Gasteiger partial charge in [-0.3, -0.25) is 4.57 Å². The van der Waals surface area contributed by atoms with Gasteiger partial charge in [-0.25, -0.2) is 4.39 Å². The van der Waals surface area contributed by atoms with Gasteiger partial charge in [-0.15, -0.1) is 0 Å². The average molecular weight is 272 g/mol. The summed E-state index contributed by atoms with van der Waals surface area (Å²) in [5, 5.41) is 0. The number of fused-ring (bicyclic) bond motifs is 1. The minimum Gasteiger partial charge on any atom is -0.330 e. The predicted octanol–water partition coefficient (Wildman–Crippen LogP) is 4.39. The highest BCUT2D eigenvalue weighted by Crippen LogP contribution is 2.20. The van der Waals surface area contributed by atoms with Crippen molar-refractivity contribution in [1.29, 1.82) is 0 Å². The molecule has 0 fully saturated rings. The van der Waals surface area contributed by atoms with Crippen LogP contribution in [0.25, 0.3) is 16.7 Å². The second kappa shape index (κ2) is 4.63. The molecule has 2 aromatic carbocycles. The van der Waals surface area contributed by atoms with Crippen LogP contribution in [0.2, 0.25) is 0 Å². The summed E-state index contributed by atoms with van der Waals surface area (Å²) in [5.41, 5.74) is 3.86. The summed E-state index contributed by atoms with van der Waals surface area (Å²) in [6.45, 7) is 2.12. The molecule has 0 saturated carbocycles. The second-order valence-corrected chi connectivity index (χ2v) is 4.83. The van der Waals surface area contributed by atoms with Crippen molar-refractivity contribution in [2.45, 2.75) is 13.3 Å². The van der Waals surface area contributed by atoms with Gasteiger partial charge < -0.3 is 4.98 Å². The predicted molar refractivity (Wildman–Crippen MR) is 77.8 cm³/mol. The van der Waals surface area contributed by atoms with Gasteiger partial charge in [-0.05, 0) is 54.5 Å². The molecule has 0 aliphatic carbocycles. The number of imidazole rings is 1. The quantitative estimate of drug-likeness (QED) is 0.686. The Morgan fingerprint density at radius 1 is 1.16 bits per heavy atom. The molecule has 4 heteroatoms. The van der Waals surface area contributed by atoms with Gasteiger partial charge in [0, 0.05) is 5.69 Å². The molecule has 0 radical (unpaired) electrons. The molecule has 1 aromatic heterocycles. The summed E-state index contributed by atoms with van der Waals surface area (Å²) >= 11 is 5.32. The van der Waals surface area contributed by atoms with Gasteiger partial charge >= 0.3 is 0 Å². The molecule has 0 aliphatic heterocycles. The van der Waals surface area contributed by atoms with Gasteiger partial charge in [0.25, 0.3) is 0 Å². The van der Waals surface area contributed by atoms with Crippen molar-refractivity contribution in [1.82, 2.24) is 9.55 Å². The normalized spacial score (nSPS) is 11.1. The van der Waals surface area contributed by atoms with Crippen molar-refractivity contribution in [2.75, 3.05) is 0 Å².